The summed E-state index contributed by atoms with van der Waals surface area (Å²) in [6, 6.07) is 0. The lowest BCUT2D eigenvalue weighted by molar-refractivity contribution is 0.0392. The minimum atomic E-state index is 0.483. The van der Waals surface area contributed by atoms with Gasteiger partial charge in [0.25, 0.3) is 0 Å². The highest BCUT2D eigenvalue weighted by molar-refractivity contribution is 4.90. The van der Waals surface area contributed by atoms with Gasteiger partial charge in [0.2, 0.25) is 0 Å². The van der Waals surface area contributed by atoms with Crippen LogP contribution in [0.15, 0.2) is 0 Å². The SMILES string of the molecule is CN1CCN(C[C@H]2OC[C@@H]3CCNC[C@@H]32)CC1. The highest BCUT2D eigenvalue weighted by Gasteiger charge is 2.39. The number of rotatable bonds is 2. The second-order valence-electron chi connectivity index (χ2n) is 5.89. The van der Waals surface area contributed by atoms with E-state index in [1.165, 1.54) is 45.7 Å². The number of piperidine rings is 1. The smallest absolute Gasteiger partial charge is 0.0745 e. The quantitative estimate of drug-likeness (QED) is 0.726. The van der Waals surface area contributed by atoms with Crippen LogP contribution in [0.25, 0.3) is 0 Å². The second-order valence-corrected chi connectivity index (χ2v) is 5.89. The molecule has 0 aromatic carbocycles. The van der Waals surface area contributed by atoms with Gasteiger partial charge in [-0.15, -0.1) is 0 Å². The molecule has 3 saturated heterocycles. The third-order valence-electron chi connectivity index (χ3n) is 4.71. The van der Waals surface area contributed by atoms with E-state index >= 15 is 0 Å². The third-order valence-corrected chi connectivity index (χ3v) is 4.71. The Morgan fingerprint density at radius 3 is 2.88 bits per heavy atom. The zero-order valence-corrected chi connectivity index (χ0v) is 10.9. The van der Waals surface area contributed by atoms with E-state index in [4.69, 9.17) is 4.74 Å². The zero-order chi connectivity index (χ0) is 11.7. The Kier molecular flexibility index (Phi) is 3.66. The second kappa shape index (κ2) is 5.22. The Morgan fingerprint density at radius 1 is 1.24 bits per heavy atom. The van der Waals surface area contributed by atoms with Gasteiger partial charge in [-0.2, -0.15) is 0 Å². The number of piperazine rings is 1. The number of hydrogen-bond acceptors (Lipinski definition) is 4. The number of fused-ring (bicyclic) bond motifs is 1. The molecule has 0 bridgehead atoms. The van der Waals surface area contributed by atoms with Gasteiger partial charge in [-0.25, -0.2) is 0 Å². The highest BCUT2D eigenvalue weighted by atomic mass is 16.5. The molecule has 0 saturated carbocycles. The average Bonchev–Trinajstić information content (AvgIpc) is 2.76. The van der Waals surface area contributed by atoms with Crippen molar-refractivity contribution in [3.05, 3.63) is 0 Å². The summed E-state index contributed by atoms with van der Waals surface area (Å²) < 4.78 is 6.03. The first kappa shape index (κ1) is 11.9. The molecule has 0 aromatic rings. The van der Waals surface area contributed by atoms with Crippen molar-refractivity contribution in [1.29, 1.82) is 0 Å². The molecule has 17 heavy (non-hydrogen) atoms. The van der Waals surface area contributed by atoms with Gasteiger partial charge in [-0.3, -0.25) is 4.90 Å². The van der Waals surface area contributed by atoms with Crippen LogP contribution in [0, 0.1) is 11.8 Å². The lowest BCUT2D eigenvalue weighted by Crippen LogP contribution is -2.49. The fourth-order valence-electron chi connectivity index (χ4n) is 3.42. The molecule has 1 N–H and O–H groups in total. The maximum absolute atomic E-state index is 6.03. The summed E-state index contributed by atoms with van der Waals surface area (Å²) in [6.07, 6.45) is 1.79. The molecule has 0 aliphatic carbocycles. The molecule has 4 heteroatoms. The summed E-state index contributed by atoms with van der Waals surface area (Å²) in [5, 5.41) is 3.52. The molecule has 0 aromatic heterocycles. The lowest BCUT2D eigenvalue weighted by atomic mass is 9.85. The summed E-state index contributed by atoms with van der Waals surface area (Å²) in [5.41, 5.74) is 0. The first-order valence-corrected chi connectivity index (χ1v) is 7.06. The molecule has 0 spiro atoms. The van der Waals surface area contributed by atoms with Crippen LogP contribution in [0.3, 0.4) is 0 Å². The summed E-state index contributed by atoms with van der Waals surface area (Å²) in [6.45, 7) is 9.34. The normalized spacial score (nSPS) is 40.4. The van der Waals surface area contributed by atoms with Crippen LogP contribution in [0.4, 0.5) is 0 Å². The number of nitrogens with one attached hydrogen (secondary N) is 1. The first-order chi connectivity index (χ1) is 8.33. The van der Waals surface area contributed by atoms with E-state index in [9.17, 15) is 0 Å². The molecule has 3 atom stereocenters. The molecule has 3 rings (SSSR count). The van der Waals surface area contributed by atoms with Gasteiger partial charge < -0.3 is 15.0 Å². The Labute approximate surface area is 104 Å². The number of nitrogens with zero attached hydrogens (tertiary/aromatic N) is 2. The first-order valence-electron chi connectivity index (χ1n) is 7.06. The molecular weight excluding hydrogens is 214 g/mol. The topological polar surface area (TPSA) is 27.7 Å². The van der Waals surface area contributed by atoms with E-state index in [-0.39, 0.29) is 0 Å². The number of ether oxygens (including phenoxy) is 1. The summed E-state index contributed by atoms with van der Waals surface area (Å²) in [7, 11) is 2.21. The Morgan fingerprint density at radius 2 is 2.06 bits per heavy atom. The zero-order valence-electron chi connectivity index (χ0n) is 10.9. The number of hydrogen-bond donors (Lipinski definition) is 1. The third kappa shape index (κ3) is 2.65. The van der Waals surface area contributed by atoms with E-state index in [1.54, 1.807) is 0 Å². The minimum absolute atomic E-state index is 0.483. The largest absolute Gasteiger partial charge is 0.376 e. The molecule has 3 heterocycles. The molecule has 0 radical (unpaired) electrons. The fraction of sp³-hybridized carbons (Fsp3) is 1.00. The summed E-state index contributed by atoms with van der Waals surface area (Å²) in [4.78, 5) is 5.00. The van der Waals surface area contributed by atoms with Gasteiger partial charge in [-0.1, -0.05) is 0 Å². The van der Waals surface area contributed by atoms with Crippen LogP contribution in [-0.2, 0) is 4.74 Å². The maximum atomic E-state index is 6.03. The molecule has 4 nitrogen and oxygen atoms in total. The molecule has 3 aliphatic rings. The van der Waals surface area contributed by atoms with Crippen molar-refractivity contribution in [3.8, 4) is 0 Å². The average molecular weight is 239 g/mol. The molecule has 0 amide bonds. The maximum Gasteiger partial charge on any atom is 0.0745 e. The van der Waals surface area contributed by atoms with Gasteiger partial charge in [-0.05, 0) is 25.9 Å². The van der Waals surface area contributed by atoms with Crippen molar-refractivity contribution in [3.63, 3.8) is 0 Å². The van der Waals surface area contributed by atoms with E-state index in [0.717, 1.165) is 25.0 Å². The fourth-order valence-corrected chi connectivity index (χ4v) is 3.42. The van der Waals surface area contributed by atoms with E-state index in [2.05, 4.69) is 22.2 Å². The molecule has 98 valence electrons. The molecule has 3 fully saturated rings. The van der Waals surface area contributed by atoms with Gasteiger partial charge in [0.05, 0.1) is 12.7 Å². The monoisotopic (exact) mass is 239 g/mol. The van der Waals surface area contributed by atoms with Crippen LogP contribution in [0.1, 0.15) is 6.42 Å². The van der Waals surface area contributed by atoms with Gasteiger partial charge in [0.15, 0.2) is 0 Å². The molecule has 3 aliphatic heterocycles. The van der Waals surface area contributed by atoms with Crippen molar-refractivity contribution in [2.24, 2.45) is 11.8 Å². The van der Waals surface area contributed by atoms with Crippen LogP contribution in [0.2, 0.25) is 0 Å². The van der Waals surface area contributed by atoms with E-state index < -0.39 is 0 Å². The summed E-state index contributed by atoms with van der Waals surface area (Å²) >= 11 is 0. The van der Waals surface area contributed by atoms with Crippen LogP contribution in [-0.4, -0.2) is 75.4 Å². The number of likely N-dealkylation sites (N-methyl/N-ethyl adjacent to an activating group) is 1. The van der Waals surface area contributed by atoms with E-state index in [0.29, 0.717) is 6.10 Å². The Balaban J connectivity index is 1.51. The van der Waals surface area contributed by atoms with Gasteiger partial charge in [0, 0.05) is 45.2 Å². The lowest BCUT2D eigenvalue weighted by Gasteiger charge is -2.36. The van der Waals surface area contributed by atoms with Crippen molar-refractivity contribution < 1.29 is 4.74 Å². The van der Waals surface area contributed by atoms with E-state index in [1.807, 2.05) is 0 Å². The highest BCUT2D eigenvalue weighted by Crippen LogP contribution is 2.31. The van der Waals surface area contributed by atoms with Crippen LogP contribution in [0.5, 0.6) is 0 Å². The predicted octanol–water partition coefficient (Wildman–Crippen LogP) is -0.142. The standard InChI is InChI=1S/C13H25N3O/c1-15-4-6-16(7-5-15)9-13-12-8-14-3-2-11(12)10-17-13/h11-14H,2-10H2,1H3/t11-,12-,13+/m0/s1. The Bertz CT molecular complexity index is 253. The van der Waals surface area contributed by atoms with Crippen molar-refractivity contribution in [2.45, 2.75) is 12.5 Å². The van der Waals surface area contributed by atoms with Crippen LogP contribution < -0.4 is 5.32 Å². The van der Waals surface area contributed by atoms with Gasteiger partial charge >= 0.3 is 0 Å². The van der Waals surface area contributed by atoms with Crippen molar-refractivity contribution in [2.75, 3.05) is 59.5 Å². The molecular formula is C13H25N3O. The van der Waals surface area contributed by atoms with Crippen molar-refractivity contribution in [1.82, 2.24) is 15.1 Å². The summed E-state index contributed by atoms with van der Waals surface area (Å²) in [5.74, 6) is 1.59. The molecule has 0 unspecified atom stereocenters. The van der Waals surface area contributed by atoms with Crippen LogP contribution >= 0.6 is 0 Å². The van der Waals surface area contributed by atoms with Gasteiger partial charge in [0.1, 0.15) is 0 Å². The Hall–Kier alpha value is -0.160. The predicted molar refractivity (Wildman–Crippen MR) is 68.1 cm³/mol. The van der Waals surface area contributed by atoms with Crippen molar-refractivity contribution >= 4 is 0 Å². The minimum Gasteiger partial charge on any atom is -0.376 e.